The van der Waals surface area contributed by atoms with Crippen molar-refractivity contribution in [3.63, 3.8) is 0 Å². The van der Waals surface area contributed by atoms with Crippen LogP contribution in [0.15, 0.2) is 42.5 Å². The van der Waals surface area contributed by atoms with Crippen LogP contribution in [0, 0.1) is 5.82 Å². The zero-order valence-electron chi connectivity index (χ0n) is 10.7. The molecule has 1 aliphatic rings. The molecule has 0 atom stereocenters. The van der Waals surface area contributed by atoms with Crippen molar-refractivity contribution in [3.05, 3.63) is 65.0 Å². The molecule has 1 amide bonds. The highest BCUT2D eigenvalue weighted by Crippen LogP contribution is 2.24. The van der Waals surface area contributed by atoms with Gasteiger partial charge in [0.15, 0.2) is 5.78 Å². The maximum absolute atomic E-state index is 13.5. The van der Waals surface area contributed by atoms with E-state index in [1.165, 1.54) is 6.07 Å². The second-order valence-electron chi connectivity index (χ2n) is 4.79. The predicted molar refractivity (Wildman–Crippen MR) is 73.2 cm³/mol. The Morgan fingerprint density at radius 3 is 2.80 bits per heavy atom. The normalized spacial score (nSPS) is 12.9. The van der Waals surface area contributed by atoms with Crippen LogP contribution in [0.5, 0.6) is 0 Å². The number of rotatable bonds is 3. The third-order valence-electron chi connectivity index (χ3n) is 3.36. The molecule has 0 saturated heterocycles. The Bertz CT molecular complexity index is 709. The van der Waals surface area contributed by atoms with E-state index < -0.39 is 0 Å². The summed E-state index contributed by atoms with van der Waals surface area (Å²) in [7, 11) is 0. The molecule has 0 bridgehead atoms. The van der Waals surface area contributed by atoms with Gasteiger partial charge in [0.1, 0.15) is 5.82 Å². The minimum atomic E-state index is -0.376. The van der Waals surface area contributed by atoms with E-state index in [0.717, 1.165) is 11.3 Å². The molecular formula is C16H12FNO2. The SMILES string of the molecule is O=C1Cc2cc(C(=O)Cc3ccccc3F)ccc2N1. The third-order valence-corrected chi connectivity index (χ3v) is 3.36. The number of halogens is 1. The Morgan fingerprint density at radius 2 is 2.00 bits per heavy atom. The number of amides is 1. The first-order chi connectivity index (χ1) is 9.63. The maximum atomic E-state index is 13.5. The molecule has 4 heteroatoms. The number of carbonyl (C=O) groups excluding carboxylic acids is 2. The summed E-state index contributed by atoms with van der Waals surface area (Å²) in [5.41, 5.74) is 2.45. The summed E-state index contributed by atoms with van der Waals surface area (Å²) < 4.78 is 13.5. The molecule has 0 aromatic heterocycles. The largest absolute Gasteiger partial charge is 0.326 e. The summed E-state index contributed by atoms with van der Waals surface area (Å²) in [4.78, 5) is 23.4. The van der Waals surface area contributed by atoms with Crippen molar-refractivity contribution >= 4 is 17.4 Å². The van der Waals surface area contributed by atoms with Crippen LogP contribution >= 0.6 is 0 Å². The number of nitrogens with one attached hydrogen (secondary N) is 1. The van der Waals surface area contributed by atoms with Gasteiger partial charge in [-0.25, -0.2) is 4.39 Å². The van der Waals surface area contributed by atoms with Gasteiger partial charge in [0.25, 0.3) is 0 Å². The molecule has 1 aliphatic heterocycles. The maximum Gasteiger partial charge on any atom is 0.228 e. The lowest BCUT2D eigenvalue weighted by molar-refractivity contribution is -0.115. The molecule has 0 radical (unpaired) electrons. The van der Waals surface area contributed by atoms with Gasteiger partial charge in [0.2, 0.25) is 5.91 Å². The Hall–Kier alpha value is -2.49. The van der Waals surface area contributed by atoms with E-state index in [1.54, 1.807) is 36.4 Å². The highest BCUT2D eigenvalue weighted by atomic mass is 19.1. The summed E-state index contributed by atoms with van der Waals surface area (Å²) in [6.07, 6.45) is 0.309. The number of hydrogen-bond acceptors (Lipinski definition) is 2. The van der Waals surface area contributed by atoms with E-state index in [-0.39, 0.29) is 30.3 Å². The topological polar surface area (TPSA) is 46.2 Å². The molecule has 100 valence electrons. The molecule has 2 aromatic rings. The Kier molecular flexibility index (Phi) is 3.06. The van der Waals surface area contributed by atoms with Crippen LogP contribution in [0.25, 0.3) is 0 Å². The van der Waals surface area contributed by atoms with Gasteiger partial charge in [-0.05, 0) is 35.4 Å². The van der Waals surface area contributed by atoms with Gasteiger partial charge >= 0.3 is 0 Å². The number of hydrogen-bond donors (Lipinski definition) is 1. The molecule has 0 unspecified atom stereocenters. The molecule has 0 saturated carbocycles. The van der Waals surface area contributed by atoms with Crippen molar-refractivity contribution in [2.24, 2.45) is 0 Å². The monoisotopic (exact) mass is 269 g/mol. The van der Waals surface area contributed by atoms with Crippen LogP contribution in [-0.2, 0) is 17.6 Å². The average Bonchev–Trinajstić information content (AvgIpc) is 2.80. The first-order valence-corrected chi connectivity index (χ1v) is 6.33. The van der Waals surface area contributed by atoms with E-state index in [1.807, 2.05) is 0 Å². The van der Waals surface area contributed by atoms with Gasteiger partial charge < -0.3 is 5.32 Å². The highest BCUT2D eigenvalue weighted by Gasteiger charge is 2.19. The summed E-state index contributed by atoms with van der Waals surface area (Å²) >= 11 is 0. The van der Waals surface area contributed by atoms with Crippen LogP contribution in [0.3, 0.4) is 0 Å². The van der Waals surface area contributed by atoms with E-state index in [0.29, 0.717) is 11.1 Å². The molecule has 20 heavy (non-hydrogen) atoms. The van der Waals surface area contributed by atoms with Crippen LogP contribution in [-0.4, -0.2) is 11.7 Å². The number of ketones is 1. The van der Waals surface area contributed by atoms with Gasteiger partial charge in [-0.15, -0.1) is 0 Å². The van der Waals surface area contributed by atoms with Crippen molar-refractivity contribution in [3.8, 4) is 0 Å². The fraction of sp³-hybridized carbons (Fsp3) is 0.125. The lowest BCUT2D eigenvalue weighted by Gasteiger charge is -2.05. The second-order valence-corrected chi connectivity index (χ2v) is 4.79. The zero-order valence-corrected chi connectivity index (χ0v) is 10.7. The molecule has 3 rings (SSSR count). The van der Waals surface area contributed by atoms with Crippen molar-refractivity contribution in [2.75, 3.05) is 5.32 Å². The summed E-state index contributed by atoms with van der Waals surface area (Å²) in [5.74, 6) is -0.602. The fourth-order valence-electron chi connectivity index (χ4n) is 2.32. The molecule has 0 aliphatic carbocycles. The smallest absolute Gasteiger partial charge is 0.228 e. The Balaban J connectivity index is 1.84. The first-order valence-electron chi connectivity index (χ1n) is 6.33. The molecule has 0 fully saturated rings. The van der Waals surface area contributed by atoms with Crippen LogP contribution < -0.4 is 5.32 Å². The quantitative estimate of drug-likeness (QED) is 0.871. The van der Waals surface area contributed by atoms with Gasteiger partial charge in [0.05, 0.1) is 6.42 Å². The first kappa shape index (κ1) is 12.5. The van der Waals surface area contributed by atoms with Crippen LogP contribution in [0.2, 0.25) is 0 Å². The second kappa shape index (κ2) is 4.89. The number of carbonyl (C=O) groups is 2. The van der Waals surface area contributed by atoms with Crippen molar-refractivity contribution in [1.82, 2.24) is 0 Å². The molecule has 2 aromatic carbocycles. The highest BCUT2D eigenvalue weighted by molar-refractivity contribution is 6.02. The number of fused-ring (bicyclic) bond motifs is 1. The zero-order chi connectivity index (χ0) is 14.1. The number of Topliss-reactive ketones (excluding diaryl/α,β-unsaturated/α-hetero) is 1. The van der Waals surface area contributed by atoms with Gasteiger partial charge in [-0.1, -0.05) is 18.2 Å². The molecule has 1 N–H and O–H groups in total. The van der Waals surface area contributed by atoms with Gasteiger partial charge in [0, 0.05) is 17.7 Å². The standard InChI is InChI=1S/C16H12FNO2/c17-13-4-2-1-3-10(13)8-15(19)11-5-6-14-12(7-11)9-16(20)18-14/h1-7H,8-9H2,(H,18,20). The third kappa shape index (κ3) is 2.32. The van der Waals surface area contributed by atoms with E-state index in [4.69, 9.17) is 0 Å². The number of benzene rings is 2. The lowest BCUT2D eigenvalue weighted by atomic mass is 10.00. The van der Waals surface area contributed by atoms with Crippen molar-refractivity contribution in [1.29, 1.82) is 0 Å². The molecule has 1 heterocycles. The van der Waals surface area contributed by atoms with Crippen LogP contribution in [0.4, 0.5) is 10.1 Å². The minimum Gasteiger partial charge on any atom is -0.326 e. The molecule has 3 nitrogen and oxygen atoms in total. The molecular weight excluding hydrogens is 257 g/mol. The summed E-state index contributed by atoms with van der Waals surface area (Å²) in [6.45, 7) is 0. The number of anilines is 1. The van der Waals surface area contributed by atoms with Gasteiger partial charge in [-0.3, -0.25) is 9.59 Å². The molecule has 0 spiro atoms. The van der Waals surface area contributed by atoms with E-state index in [2.05, 4.69) is 5.32 Å². The van der Waals surface area contributed by atoms with Crippen LogP contribution in [0.1, 0.15) is 21.5 Å². The van der Waals surface area contributed by atoms with Gasteiger partial charge in [-0.2, -0.15) is 0 Å². The fourth-order valence-corrected chi connectivity index (χ4v) is 2.32. The Morgan fingerprint density at radius 1 is 1.20 bits per heavy atom. The average molecular weight is 269 g/mol. The van der Waals surface area contributed by atoms with E-state index in [9.17, 15) is 14.0 Å². The van der Waals surface area contributed by atoms with Crippen molar-refractivity contribution in [2.45, 2.75) is 12.8 Å². The lowest BCUT2D eigenvalue weighted by Crippen LogP contribution is -2.05. The van der Waals surface area contributed by atoms with E-state index >= 15 is 0 Å². The Labute approximate surface area is 115 Å². The minimum absolute atomic E-state index is 0.0207. The summed E-state index contributed by atoms with van der Waals surface area (Å²) in [6, 6.07) is 11.3. The predicted octanol–water partition coefficient (Wildman–Crippen LogP) is 2.75. The van der Waals surface area contributed by atoms with Crippen molar-refractivity contribution < 1.29 is 14.0 Å². The summed E-state index contributed by atoms with van der Waals surface area (Å²) in [5, 5.41) is 2.71.